The Morgan fingerprint density at radius 2 is 1.93 bits per heavy atom. The number of methoxy groups -OCH3 is 1. The van der Waals surface area contributed by atoms with Crippen LogP contribution >= 0.6 is 0 Å². The Kier molecular flexibility index (Phi) is 5.01. The molecule has 1 amide bonds. The van der Waals surface area contributed by atoms with Crippen molar-refractivity contribution in [2.24, 2.45) is 0 Å². The number of pyridine rings is 1. The summed E-state index contributed by atoms with van der Waals surface area (Å²) >= 11 is 0. The number of benzene rings is 1. The smallest absolute Gasteiger partial charge is 0.255 e. The number of H-pyrrole nitrogens is 1. The highest BCUT2D eigenvalue weighted by atomic mass is 19.1. The lowest BCUT2D eigenvalue weighted by atomic mass is 9.95. The van der Waals surface area contributed by atoms with Gasteiger partial charge in [-0.3, -0.25) is 9.89 Å². The van der Waals surface area contributed by atoms with Gasteiger partial charge in [0.05, 0.1) is 12.7 Å². The number of nitrogens with zero attached hydrogens (tertiary/aromatic N) is 4. The third kappa shape index (κ3) is 3.71. The number of piperidine rings is 1. The fraction of sp³-hybridized carbons (Fsp3) is 0.300. The van der Waals surface area contributed by atoms with Crippen LogP contribution in [-0.2, 0) is 0 Å². The van der Waals surface area contributed by atoms with Gasteiger partial charge in [0.15, 0.2) is 5.82 Å². The predicted molar refractivity (Wildman–Crippen MR) is 100 cm³/mol. The van der Waals surface area contributed by atoms with Crippen molar-refractivity contribution in [1.29, 1.82) is 0 Å². The topological polar surface area (TPSA) is 84.0 Å². The summed E-state index contributed by atoms with van der Waals surface area (Å²) < 4.78 is 18.1. The molecule has 144 valence electrons. The van der Waals surface area contributed by atoms with Gasteiger partial charge < -0.3 is 9.64 Å². The largest absolute Gasteiger partial charge is 0.481 e. The number of halogens is 1. The minimum Gasteiger partial charge on any atom is -0.481 e. The van der Waals surface area contributed by atoms with E-state index >= 15 is 0 Å². The molecular weight excluding hydrogens is 361 g/mol. The van der Waals surface area contributed by atoms with E-state index in [2.05, 4.69) is 20.2 Å². The molecule has 4 rings (SSSR count). The minimum absolute atomic E-state index is 0.0295. The fourth-order valence-corrected chi connectivity index (χ4v) is 3.35. The Morgan fingerprint density at radius 1 is 1.18 bits per heavy atom. The molecule has 3 aromatic rings. The summed E-state index contributed by atoms with van der Waals surface area (Å²) in [4.78, 5) is 23.1. The van der Waals surface area contributed by atoms with Crippen LogP contribution in [0.25, 0.3) is 11.4 Å². The number of rotatable bonds is 4. The summed E-state index contributed by atoms with van der Waals surface area (Å²) in [5.74, 6) is 1.73. The highest BCUT2D eigenvalue weighted by Gasteiger charge is 2.27. The third-order valence-corrected chi connectivity index (χ3v) is 4.97. The van der Waals surface area contributed by atoms with Gasteiger partial charge in [-0.25, -0.2) is 14.4 Å². The van der Waals surface area contributed by atoms with E-state index in [1.165, 1.54) is 12.1 Å². The maximum Gasteiger partial charge on any atom is 0.255 e. The monoisotopic (exact) mass is 381 g/mol. The lowest BCUT2D eigenvalue weighted by molar-refractivity contribution is 0.0710. The fourth-order valence-electron chi connectivity index (χ4n) is 3.35. The van der Waals surface area contributed by atoms with E-state index in [0.717, 1.165) is 24.2 Å². The zero-order chi connectivity index (χ0) is 19.5. The van der Waals surface area contributed by atoms with E-state index in [4.69, 9.17) is 4.74 Å². The molecule has 1 aliphatic heterocycles. The van der Waals surface area contributed by atoms with Crippen LogP contribution in [0.4, 0.5) is 4.39 Å². The first-order valence-electron chi connectivity index (χ1n) is 9.11. The lowest BCUT2D eigenvalue weighted by Crippen LogP contribution is -2.38. The molecule has 1 aliphatic rings. The van der Waals surface area contributed by atoms with Gasteiger partial charge in [-0.1, -0.05) is 0 Å². The van der Waals surface area contributed by atoms with Crippen molar-refractivity contribution < 1.29 is 13.9 Å². The van der Waals surface area contributed by atoms with Crippen molar-refractivity contribution in [1.82, 2.24) is 25.1 Å². The van der Waals surface area contributed by atoms with Gasteiger partial charge in [0.2, 0.25) is 5.88 Å². The average molecular weight is 381 g/mol. The molecular formula is C20H20FN5O2. The molecule has 0 radical (unpaired) electrons. The first kappa shape index (κ1) is 18.1. The van der Waals surface area contributed by atoms with Gasteiger partial charge in [-0.05, 0) is 43.2 Å². The summed E-state index contributed by atoms with van der Waals surface area (Å²) in [7, 11) is 1.54. The summed E-state index contributed by atoms with van der Waals surface area (Å²) in [5, 5.41) is 7.24. The number of ether oxygens (including phenoxy) is 1. The average Bonchev–Trinajstić information content (AvgIpc) is 3.24. The van der Waals surface area contributed by atoms with Crippen molar-refractivity contribution in [2.75, 3.05) is 20.2 Å². The second kappa shape index (κ2) is 7.75. The van der Waals surface area contributed by atoms with Crippen molar-refractivity contribution in [3.63, 3.8) is 0 Å². The second-order valence-electron chi connectivity index (χ2n) is 6.71. The van der Waals surface area contributed by atoms with Crippen molar-refractivity contribution in [2.45, 2.75) is 18.8 Å². The molecule has 1 saturated heterocycles. The molecule has 3 heterocycles. The van der Waals surface area contributed by atoms with Crippen molar-refractivity contribution >= 4 is 5.91 Å². The summed E-state index contributed by atoms with van der Waals surface area (Å²) in [6.07, 6.45) is 3.14. The number of amides is 1. The SMILES string of the molecule is COc1ccc(C(=O)N2CCC(c3nc(-c4ccc(F)cc4)n[nH]3)CC2)cn1. The van der Waals surface area contributed by atoms with Crippen molar-refractivity contribution in [3.05, 3.63) is 59.8 Å². The van der Waals surface area contributed by atoms with Gasteiger partial charge in [-0.15, -0.1) is 0 Å². The Morgan fingerprint density at radius 3 is 2.57 bits per heavy atom. The van der Waals surface area contributed by atoms with Crippen LogP contribution in [0.3, 0.4) is 0 Å². The number of likely N-dealkylation sites (tertiary alicyclic amines) is 1. The van der Waals surface area contributed by atoms with E-state index < -0.39 is 0 Å². The molecule has 0 spiro atoms. The molecule has 0 aliphatic carbocycles. The molecule has 2 aromatic heterocycles. The van der Waals surface area contributed by atoms with Crippen LogP contribution in [0.1, 0.15) is 34.9 Å². The zero-order valence-corrected chi connectivity index (χ0v) is 15.4. The van der Waals surface area contributed by atoms with Crippen LogP contribution in [0.2, 0.25) is 0 Å². The lowest BCUT2D eigenvalue weighted by Gasteiger charge is -2.31. The molecule has 7 nitrogen and oxygen atoms in total. The summed E-state index contributed by atoms with van der Waals surface area (Å²) in [5.41, 5.74) is 1.32. The van der Waals surface area contributed by atoms with Crippen molar-refractivity contribution in [3.8, 4) is 17.3 Å². The predicted octanol–water partition coefficient (Wildman–Crippen LogP) is 3.03. The highest BCUT2D eigenvalue weighted by Crippen LogP contribution is 2.28. The van der Waals surface area contributed by atoms with Crippen LogP contribution in [0, 0.1) is 5.82 Å². The number of aromatic nitrogens is 4. The first-order valence-corrected chi connectivity index (χ1v) is 9.11. The third-order valence-electron chi connectivity index (χ3n) is 4.97. The Hall–Kier alpha value is -3.29. The van der Waals surface area contributed by atoms with E-state index in [1.807, 2.05) is 4.90 Å². The van der Waals surface area contributed by atoms with Gasteiger partial charge in [0, 0.05) is 36.8 Å². The Labute approximate surface area is 161 Å². The second-order valence-corrected chi connectivity index (χ2v) is 6.71. The molecule has 1 fully saturated rings. The quantitative estimate of drug-likeness (QED) is 0.751. The Bertz CT molecular complexity index is 947. The van der Waals surface area contributed by atoms with Crippen LogP contribution < -0.4 is 4.74 Å². The Balaban J connectivity index is 1.38. The highest BCUT2D eigenvalue weighted by molar-refractivity contribution is 5.94. The van der Waals surface area contributed by atoms with E-state index in [0.29, 0.717) is 30.4 Å². The van der Waals surface area contributed by atoms with Crippen LogP contribution in [-0.4, -0.2) is 51.2 Å². The van der Waals surface area contributed by atoms with Gasteiger partial charge >= 0.3 is 0 Å². The van der Waals surface area contributed by atoms with Crippen LogP contribution in [0.5, 0.6) is 5.88 Å². The minimum atomic E-state index is -0.288. The zero-order valence-electron chi connectivity index (χ0n) is 15.4. The molecule has 0 saturated carbocycles. The number of carbonyl (C=O) groups excluding carboxylic acids is 1. The standard InChI is InChI=1S/C20H20FN5O2/c1-28-17-7-4-15(12-22-17)20(27)26-10-8-14(9-11-26)19-23-18(24-25-19)13-2-5-16(21)6-3-13/h2-7,12,14H,8-11H2,1H3,(H,23,24,25). The normalized spacial score (nSPS) is 14.9. The number of hydrogen-bond donors (Lipinski definition) is 1. The molecule has 0 atom stereocenters. The molecule has 1 aromatic carbocycles. The summed E-state index contributed by atoms with van der Waals surface area (Å²) in [6, 6.07) is 9.52. The van der Waals surface area contributed by atoms with Gasteiger partial charge in [0.1, 0.15) is 11.6 Å². The molecule has 1 N–H and O–H groups in total. The van der Waals surface area contributed by atoms with E-state index in [1.54, 1.807) is 37.6 Å². The number of aromatic amines is 1. The maximum atomic E-state index is 13.1. The number of carbonyl (C=O) groups is 1. The first-order chi connectivity index (χ1) is 13.6. The van der Waals surface area contributed by atoms with Gasteiger partial charge in [0.25, 0.3) is 5.91 Å². The molecule has 0 bridgehead atoms. The number of nitrogens with one attached hydrogen (secondary N) is 1. The molecule has 8 heteroatoms. The van der Waals surface area contributed by atoms with E-state index in [9.17, 15) is 9.18 Å². The van der Waals surface area contributed by atoms with E-state index in [-0.39, 0.29) is 17.6 Å². The number of hydrogen-bond acceptors (Lipinski definition) is 5. The maximum absolute atomic E-state index is 13.1. The summed E-state index contributed by atoms with van der Waals surface area (Å²) in [6.45, 7) is 1.28. The van der Waals surface area contributed by atoms with Crippen LogP contribution in [0.15, 0.2) is 42.6 Å². The van der Waals surface area contributed by atoms with Gasteiger partial charge in [-0.2, -0.15) is 5.10 Å². The molecule has 0 unspecified atom stereocenters. The molecule has 28 heavy (non-hydrogen) atoms.